The number of hydrogen-bond acceptors (Lipinski definition) is 4. The molecule has 2 heterocycles. The SMILES string of the molecule is C[C@@H]1CCC[C@]2(C)C[C@H]3OC(=O)[C@H](CN4CCOCC4)[C@H]3C=C12. The summed E-state index contributed by atoms with van der Waals surface area (Å²) in [6, 6.07) is 0. The van der Waals surface area contributed by atoms with Crippen molar-refractivity contribution in [1.82, 2.24) is 4.90 Å². The van der Waals surface area contributed by atoms with Crippen molar-refractivity contribution in [3.63, 3.8) is 0 Å². The fraction of sp³-hybridized carbons (Fsp3) is 0.842. The second kappa shape index (κ2) is 5.89. The Morgan fingerprint density at radius 3 is 2.91 bits per heavy atom. The highest BCUT2D eigenvalue weighted by molar-refractivity contribution is 5.76. The van der Waals surface area contributed by atoms with Gasteiger partial charge in [0.1, 0.15) is 6.10 Å². The van der Waals surface area contributed by atoms with Gasteiger partial charge >= 0.3 is 5.97 Å². The van der Waals surface area contributed by atoms with Crippen molar-refractivity contribution >= 4 is 5.97 Å². The number of carbonyl (C=O) groups excluding carboxylic acids is 1. The van der Waals surface area contributed by atoms with Gasteiger partial charge in [0.15, 0.2) is 0 Å². The smallest absolute Gasteiger partial charge is 0.311 e. The predicted molar refractivity (Wildman–Crippen MR) is 87.9 cm³/mol. The highest BCUT2D eigenvalue weighted by Crippen LogP contribution is 2.53. The Morgan fingerprint density at radius 1 is 1.35 bits per heavy atom. The van der Waals surface area contributed by atoms with Crippen LogP contribution in [0.1, 0.15) is 39.5 Å². The highest BCUT2D eigenvalue weighted by atomic mass is 16.6. The average molecular weight is 319 g/mol. The Morgan fingerprint density at radius 2 is 2.13 bits per heavy atom. The lowest BCUT2D eigenvalue weighted by Gasteiger charge is -2.46. The summed E-state index contributed by atoms with van der Waals surface area (Å²) >= 11 is 0. The van der Waals surface area contributed by atoms with Gasteiger partial charge in [0.25, 0.3) is 0 Å². The van der Waals surface area contributed by atoms with Crippen LogP contribution in [0.4, 0.5) is 0 Å². The Labute approximate surface area is 139 Å². The van der Waals surface area contributed by atoms with Gasteiger partial charge < -0.3 is 9.47 Å². The summed E-state index contributed by atoms with van der Waals surface area (Å²) < 4.78 is 11.3. The number of nitrogens with zero attached hydrogens (tertiary/aromatic N) is 1. The number of allylic oxidation sites excluding steroid dienone is 1. The zero-order valence-electron chi connectivity index (χ0n) is 14.4. The Balaban J connectivity index is 1.56. The molecule has 2 saturated heterocycles. The molecule has 1 saturated carbocycles. The minimum Gasteiger partial charge on any atom is -0.461 e. The molecule has 0 amide bonds. The van der Waals surface area contributed by atoms with Crippen LogP contribution >= 0.6 is 0 Å². The van der Waals surface area contributed by atoms with Crippen molar-refractivity contribution < 1.29 is 14.3 Å². The molecule has 2 aliphatic heterocycles. The molecule has 4 aliphatic rings. The number of esters is 1. The van der Waals surface area contributed by atoms with E-state index >= 15 is 0 Å². The standard InChI is InChI=1S/C19H29NO3/c1-13-4-3-5-19(2)11-17-14(10-16(13)19)15(18(21)23-17)12-20-6-8-22-9-7-20/h10,13-15,17H,3-9,11-12H2,1-2H3/t13-,14-,15-,17-,19-/m1/s1. The van der Waals surface area contributed by atoms with E-state index in [1.165, 1.54) is 19.3 Å². The van der Waals surface area contributed by atoms with Gasteiger partial charge in [0, 0.05) is 25.6 Å². The molecule has 0 aromatic rings. The van der Waals surface area contributed by atoms with Crippen LogP contribution < -0.4 is 0 Å². The normalized spacial score (nSPS) is 44.3. The lowest BCUT2D eigenvalue weighted by atomic mass is 9.59. The summed E-state index contributed by atoms with van der Waals surface area (Å²) in [5.41, 5.74) is 1.86. The van der Waals surface area contributed by atoms with Crippen LogP contribution in [0.2, 0.25) is 0 Å². The number of carbonyl (C=O) groups is 1. The molecule has 0 unspecified atom stereocenters. The van der Waals surface area contributed by atoms with Crippen LogP contribution in [0.5, 0.6) is 0 Å². The number of rotatable bonds is 2. The number of fused-ring (bicyclic) bond motifs is 2. The molecule has 0 spiro atoms. The van der Waals surface area contributed by atoms with E-state index in [1.807, 2.05) is 0 Å². The lowest BCUT2D eigenvalue weighted by molar-refractivity contribution is -0.145. The number of morpholine rings is 1. The van der Waals surface area contributed by atoms with Gasteiger partial charge in [-0.1, -0.05) is 31.9 Å². The van der Waals surface area contributed by atoms with Crippen molar-refractivity contribution in [2.45, 2.75) is 45.6 Å². The molecular formula is C19H29NO3. The third kappa shape index (κ3) is 2.74. The molecule has 0 aromatic heterocycles. The largest absolute Gasteiger partial charge is 0.461 e. The Bertz CT molecular complexity index is 511. The maximum absolute atomic E-state index is 12.5. The molecule has 0 radical (unpaired) electrons. The first-order valence-corrected chi connectivity index (χ1v) is 9.30. The van der Waals surface area contributed by atoms with E-state index in [0.29, 0.717) is 5.92 Å². The van der Waals surface area contributed by atoms with Gasteiger partial charge in [-0.05, 0) is 30.6 Å². The second-order valence-electron chi connectivity index (χ2n) is 8.25. The van der Waals surface area contributed by atoms with Crippen LogP contribution in [0.25, 0.3) is 0 Å². The van der Waals surface area contributed by atoms with Gasteiger partial charge in [0.2, 0.25) is 0 Å². The first kappa shape index (κ1) is 15.6. The summed E-state index contributed by atoms with van der Waals surface area (Å²) in [4.78, 5) is 14.9. The highest BCUT2D eigenvalue weighted by Gasteiger charge is 2.51. The molecule has 128 valence electrons. The quantitative estimate of drug-likeness (QED) is 0.579. The molecule has 4 heteroatoms. The summed E-state index contributed by atoms with van der Waals surface area (Å²) in [6.07, 6.45) is 7.43. The van der Waals surface area contributed by atoms with Gasteiger partial charge in [0.05, 0.1) is 19.1 Å². The Hall–Kier alpha value is -0.870. The third-order valence-electron chi connectivity index (χ3n) is 6.64. The second-order valence-corrected chi connectivity index (χ2v) is 8.25. The van der Waals surface area contributed by atoms with Crippen LogP contribution in [0, 0.1) is 23.2 Å². The van der Waals surface area contributed by atoms with Gasteiger partial charge in [-0.3, -0.25) is 9.69 Å². The first-order chi connectivity index (χ1) is 11.1. The van der Waals surface area contributed by atoms with E-state index in [0.717, 1.165) is 39.3 Å². The van der Waals surface area contributed by atoms with E-state index in [2.05, 4.69) is 24.8 Å². The third-order valence-corrected chi connectivity index (χ3v) is 6.64. The van der Waals surface area contributed by atoms with Crippen molar-refractivity contribution in [1.29, 1.82) is 0 Å². The predicted octanol–water partition coefficient (Wildman–Crippen LogP) is 2.63. The Kier molecular flexibility index (Phi) is 4.01. The van der Waals surface area contributed by atoms with Crippen molar-refractivity contribution in [2.75, 3.05) is 32.8 Å². The summed E-state index contributed by atoms with van der Waals surface area (Å²) in [6.45, 7) is 9.01. The van der Waals surface area contributed by atoms with Crippen LogP contribution in [0.15, 0.2) is 11.6 Å². The van der Waals surface area contributed by atoms with E-state index in [-0.39, 0.29) is 29.3 Å². The van der Waals surface area contributed by atoms with Crippen LogP contribution in [-0.4, -0.2) is 49.8 Å². The molecule has 0 N–H and O–H groups in total. The molecule has 0 bridgehead atoms. The molecule has 4 rings (SSSR count). The van der Waals surface area contributed by atoms with E-state index in [9.17, 15) is 4.79 Å². The molecule has 4 nitrogen and oxygen atoms in total. The molecule has 3 fully saturated rings. The zero-order chi connectivity index (χ0) is 16.0. The van der Waals surface area contributed by atoms with Crippen molar-refractivity contribution in [3.8, 4) is 0 Å². The topological polar surface area (TPSA) is 38.8 Å². The van der Waals surface area contributed by atoms with Crippen molar-refractivity contribution in [3.05, 3.63) is 11.6 Å². The molecule has 2 aliphatic carbocycles. The van der Waals surface area contributed by atoms with Crippen LogP contribution in [-0.2, 0) is 14.3 Å². The molecule has 23 heavy (non-hydrogen) atoms. The van der Waals surface area contributed by atoms with Crippen LogP contribution in [0.3, 0.4) is 0 Å². The minimum atomic E-state index is 0.0178. The maximum atomic E-state index is 12.5. The van der Waals surface area contributed by atoms with Gasteiger partial charge in [-0.25, -0.2) is 0 Å². The molecule has 0 aromatic carbocycles. The maximum Gasteiger partial charge on any atom is 0.311 e. The fourth-order valence-corrected chi connectivity index (χ4v) is 5.32. The van der Waals surface area contributed by atoms with Gasteiger partial charge in [-0.2, -0.15) is 0 Å². The minimum absolute atomic E-state index is 0.0178. The zero-order valence-corrected chi connectivity index (χ0v) is 14.4. The molecular weight excluding hydrogens is 290 g/mol. The first-order valence-electron chi connectivity index (χ1n) is 9.30. The summed E-state index contributed by atoms with van der Waals surface area (Å²) in [5.74, 6) is 0.992. The lowest BCUT2D eigenvalue weighted by Crippen LogP contribution is -2.43. The number of ether oxygens (including phenoxy) is 2. The van der Waals surface area contributed by atoms with Gasteiger partial charge in [-0.15, -0.1) is 0 Å². The van der Waals surface area contributed by atoms with Crippen molar-refractivity contribution in [2.24, 2.45) is 23.2 Å². The average Bonchev–Trinajstić information content (AvgIpc) is 2.81. The molecule has 5 atom stereocenters. The fourth-order valence-electron chi connectivity index (χ4n) is 5.32. The van der Waals surface area contributed by atoms with E-state index in [1.54, 1.807) is 5.57 Å². The summed E-state index contributed by atoms with van der Waals surface area (Å²) in [7, 11) is 0. The monoisotopic (exact) mass is 319 g/mol. The van der Waals surface area contributed by atoms with E-state index in [4.69, 9.17) is 9.47 Å². The summed E-state index contributed by atoms with van der Waals surface area (Å²) in [5, 5.41) is 0. The van der Waals surface area contributed by atoms with E-state index < -0.39 is 0 Å². The number of hydrogen-bond donors (Lipinski definition) is 0.